The van der Waals surface area contributed by atoms with E-state index in [1.54, 1.807) is 0 Å². The van der Waals surface area contributed by atoms with Gasteiger partial charge in [-0.1, -0.05) is 229 Å². The van der Waals surface area contributed by atoms with E-state index in [1.165, 1.54) is 180 Å². The van der Waals surface area contributed by atoms with E-state index < -0.39 is 6.10 Å². The van der Waals surface area contributed by atoms with Crippen molar-refractivity contribution in [3.63, 3.8) is 0 Å². The van der Waals surface area contributed by atoms with Crippen LogP contribution in [0.2, 0.25) is 0 Å². The molecule has 6 nitrogen and oxygen atoms in total. The first-order valence-corrected chi connectivity index (χ1v) is 28.8. The zero-order valence-electron chi connectivity index (χ0n) is 44.4. The summed E-state index contributed by atoms with van der Waals surface area (Å²) in [6, 6.07) is 0. The standard InChI is InChI=1S/C61H108O6/c1-4-7-10-13-16-19-22-25-28-30-33-36-39-42-45-48-51-54-60(63)66-57-58(56-65-59(62)53-50-47-44-41-38-35-32-27-24-21-18-15-12-9-6-3)67-61(64)55-52-49-46-43-40-37-34-31-29-26-23-20-17-14-11-8-5-2/h25-29,32-33,36,42,45,58H,4-24,30-31,34-35,37-41,43-44,46-57H2,1-3H3/b28-25-,29-26-,32-27-,36-33-,45-42-/t58-/m0/s1. The highest BCUT2D eigenvalue weighted by atomic mass is 16.6. The van der Waals surface area contributed by atoms with E-state index in [1.807, 2.05) is 0 Å². The lowest BCUT2D eigenvalue weighted by atomic mass is 10.1. The second kappa shape index (κ2) is 55.7. The second-order valence-electron chi connectivity index (χ2n) is 19.2. The third kappa shape index (κ3) is 53.9. The highest BCUT2D eigenvalue weighted by molar-refractivity contribution is 5.71. The van der Waals surface area contributed by atoms with Gasteiger partial charge < -0.3 is 14.2 Å². The van der Waals surface area contributed by atoms with Crippen LogP contribution in [0.15, 0.2) is 60.8 Å². The van der Waals surface area contributed by atoms with Gasteiger partial charge in [-0.05, 0) is 103 Å². The van der Waals surface area contributed by atoms with Gasteiger partial charge in [0.25, 0.3) is 0 Å². The van der Waals surface area contributed by atoms with Crippen molar-refractivity contribution >= 4 is 17.9 Å². The predicted molar refractivity (Wildman–Crippen MR) is 288 cm³/mol. The maximum atomic E-state index is 12.8. The van der Waals surface area contributed by atoms with Crippen LogP contribution < -0.4 is 0 Å². The van der Waals surface area contributed by atoms with Crippen LogP contribution >= 0.6 is 0 Å². The Balaban J connectivity index is 4.46. The first kappa shape index (κ1) is 64.1. The van der Waals surface area contributed by atoms with E-state index in [0.29, 0.717) is 19.3 Å². The Morgan fingerprint density at radius 1 is 0.299 bits per heavy atom. The molecule has 0 unspecified atom stereocenters. The normalized spacial score (nSPS) is 12.5. The summed E-state index contributed by atoms with van der Waals surface area (Å²) in [6.45, 7) is 6.59. The van der Waals surface area contributed by atoms with Crippen molar-refractivity contribution in [1.82, 2.24) is 0 Å². The van der Waals surface area contributed by atoms with Crippen LogP contribution in [0.5, 0.6) is 0 Å². The number of allylic oxidation sites excluding steroid dienone is 10. The molecule has 388 valence electrons. The number of esters is 3. The number of carbonyl (C=O) groups is 3. The molecule has 0 heterocycles. The second-order valence-corrected chi connectivity index (χ2v) is 19.2. The minimum atomic E-state index is -0.800. The van der Waals surface area contributed by atoms with E-state index in [9.17, 15) is 14.4 Å². The molecule has 0 amide bonds. The van der Waals surface area contributed by atoms with Gasteiger partial charge in [-0.25, -0.2) is 0 Å². The predicted octanol–water partition coefficient (Wildman–Crippen LogP) is 19.2. The van der Waals surface area contributed by atoms with E-state index in [0.717, 1.165) is 64.2 Å². The summed E-state index contributed by atoms with van der Waals surface area (Å²) in [5, 5.41) is 0. The molecule has 0 saturated carbocycles. The number of carbonyl (C=O) groups excluding carboxylic acids is 3. The van der Waals surface area contributed by atoms with Gasteiger partial charge in [-0.2, -0.15) is 0 Å². The fraction of sp³-hybridized carbons (Fsp3) is 0.787. The molecule has 0 spiro atoms. The average molecular weight is 938 g/mol. The first-order chi connectivity index (χ1) is 33.0. The molecule has 0 aliphatic heterocycles. The van der Waals surface area contributed by atoms with Crippen LogP contribution in [0.1, 0.15) is 290 Å². The molecule has 0 aromatic heterocycles. The molecular weight excluding hydrogens is 829 g/mol. The molecule has 1 atom stereocenters. The summed E-state index contributed by atoms with van der Waals surface area (Å²) < 4.78 is 16.8. The minimum Gasteiger partial charge on any atom is -0.462 e. The molecule has 0 N–H and O–H groups in total. The first-order valence-electron chi connectivity index (χ1n) is 28.8. The van der Waals surface area contributed by atoms with E-state index in [-0.39, 0.29) is 37.5 Å². The molecule has 0 saturated heterocycles. The van der Waals surface area contributed by atoms with Crippen molar-refractivity contribution in [3.8, 4) is 0 Å². The summed E-state index contributed by atoms with van der Waals surface area (Å²) in [6.07, 6.45) is 69.3. The number of ether oxygens (including phenoxy) is 3. The van der Waals surface area contributed by atoms with Crippen molar-refractivity contribution in [2.24, 2.45) is 0 Å². The molecule has 0 bridgehead atoms. The van der Waals surface area contributed by atoms with E-state index in [2.05, 4.69) is 81.5 Å². The van der Waals surface area contributed by atoms with Crippen LogP contribution in [0.25, 0.3) is 0 Å². The largest absolute Gasteiger partial charge is 0.462 e. The lowest BCUT2D eigenvalue weighted by Crippen LogP contribution is -2.30. The molecule has 0 aliphatic rings. The fourth-order valence-corrected chi connectivity index (χ4v) is 8.10. The molecular formula is C61H108O6. The summed E-state index contributed by atoms with van der Waals surface area (Å²) in [7, 11) is 0. The van der Waals surface area contributed by atoms with Crippen LogP contribution in [-0.2, 0) is 28.6 Å². The Morgan fingerprint density at radius 3 is 0.910 bits per heavy atom. The summed E-state index contributed by atoms with van der Waals surface area (Å²) >= 11 is 0. The van der Waals surface area contributed by atoms with Gasteiger partial charge in [0.1, 0.15) is 13.2 Å². The van der Waals surface area contributed by atoms with Crippen LogP contribution in [0, 0.1) is 0 Å². The van der Waals surface area contributed by atoms with Crippen molar-refractivity contribution in [2.75, 3.05) is 13.2 Å². The quantitative estimate of drug-likeness (QED) is 0.0262. The van der Waals surface area contributed by atoms with Crippen molar-refractivity contribution in [3.05, 3.63) is 60.8 Å². The van der Waals surface area contributed by atoms with Gasteiger partial charge in [0.2, 0.25) is 0 Å². The van der Waals surface area contributed by atoms with E-state index in [4.69, 9.17) is 14.2 Å². The monoisotopic (exact) mass is 937 g/mol. The Bertz CT molecular complexity index is 1210. The smallest absolute Gasteiger partial charge is 0.306 e. The molecule has 6 heteroatoms. The molecule has 0 radical (unpaired) electrons. The summed E-state index contributed by atoms with van der Waals surface area (Å²) in [4.78, 5) is 38.1. The number of hydrogen-bond acceptors (Lipinski definition) is 6. The molecule has 0 rings (SSSR count). The number of unbranched alkanes of at least 4 members (excludes halogenated alkanes) is 31. The van der Waals surface area contributed by atoms with Crippen LogP contribution in [-0.4, -0.2) is 37.2 Å². The molecule has 0 aromatic rings. The van der Waals surface area contributed by atoms with Crippen LogP contribution in [0.3, 0.4) is 0 Å². The molecule has 0 fully saturated rings. The summed E-state index contributed by atoms with van der Waals surface area (Å²) in [5.74, 6) is -0.952. The number of rotatable bonds is 52. The highest BCUT2D eigenvalue weighted by Crippen LogP contribution is 2.15. The Morgan fingerprint density at radius 2 is 0.552 bits per heavy atom. The zero-order chi connectivity index (χ0) is 48.6. The minimum absolute atomic E-state index is 0.0949. The topological polar surface area (TPSA) is 78.9 Å². The van der Waals surface area contributed by atoms with Gasteiger partial charge in [-0.3, -0.25) is 14.4 Å². The Kier molecular flexibility index (Phi) is 53.3. The third-order valence-corrected chi connectivity index (χ3v) is 12.5. The molecule has 0 aliphatic carbocycles. The van der Waals surface area contributed by atoms with Crippen LogP contribution in [0.4, 0.5) is 0 Å². The van der Waals surface area contributed by atoms with Crippen molar-refractivity contribution in [2.45, 2.75) is 297 Å². The molecule has 67 heavy (non-hydrogen) atoms. The van der Waals surface area contributed by atoms with Crippen molar-refractivity contribution in [1.29, 1.82) is 0 Å². The third-order valence-electron chi connectivity index (χ3n) is 12.5. The maximum Gasteiger partial charge on any atom is 0.306 e. The van der Waals surface area contributed by atoms with Gasteiger partial charge in [0, 0.05) is 19.3 Å². The van der Waals surface area contributed by atoms with Crippen molar-refractivity contribution < 1.29 is 28.6 Å². The average Bonchev–Trinajstić information content (AvgIpc) is 3.33. The SMILES string of the molecule is CCCCCCCC/C=C\C/C=C\C/C=C\CCCC(=O)OC[C@H](COC(=O)CCCCCCC/C=C\CCCCCCCC)OC(=O)CCCCCCCCC/C=C\CCCCCCCC. The number of hydrogen-bond donors (Lipinski definition) is 0. The molecule has 0 aromatic carbocycles. The maximum absolute atomic E-state index is 12.8. The Labute approximate surface area is 415 Å². The fourth-order valence-electron chi connectivity index (χ4n) is 8.10. The lowest BCUT2D eigenvalue weighted by molar-refractivity contribution is -0.167. The van der Waals surface area contributed by atoms with Gasteiger partial charge in [0.05, 0.1) is 0 Å². The lowest BCUT2D eigenvalue weighted by Gasteiger charge is -2.18. The highest BCUT2D eigenvalue weighted by Gasteiger charge is 2.19. The zero-order valence-corrected chi connectivity index (χ0v) is 44.4. The summed E-state index contributed by atoms with van der Waals surface area (Å²) in [5.41, 5.74) is 0. The van der Waals surface area contributed by atoms with Gasteiger partial charge in [-0.15, -0.1) is 0 Å². The van der Waals surface area contributed by atoms with E-state index >= 15 is 0 Å². The Hall–Kier alpha value is -2.89. The van der Waals surface area contributed by atoms with Gasteiger partial charge >= 0.3 is 17.9 Å². The van der Waals surface area contributed by atoms with Gasteiger partial charge in [0.15, 0.2) is 6.10 Å².